The van der Waals surface area contributed by atoms with Crippen LogP contribution in [0.25, 0.3) is 0 Å². The largest absolute Gasteiger partial charge is 0.377 e. The summed E-state index contributed by atoms with van der Waals surface area (Å²) in [4.78, 5) is 0. The maximum Gasteiger partial charge on any atom is 0.130 e. The van der Waals surface area contributed by atoms with Crippen LogP contribution in [0.15, 0.2) is 23.8 Å². The Morgan fingerprint density at radius 3 is 2.78 bits per heavy atom. The van der Waals surface area contributed by atoms with Crippen molar-refractivity contribution < 1.29 is 5.11 Å². The van der Waals surface area contributed by atoms with Crippen LogP contribution in [0.5, 0.6) is 0 Å². The number of hydrogen-bond acceptors (Lipinski definition) is 1. The van der Waals surface area contributed by atoms with E-state index in [0.717, 1.165) is 49.4 Å². The molecule has 3 saturated carbocycles. The fourth-order valence-electron chi connectivity index (χ4n) is 7.02. The van der Waals surface area contributed by atoms with Crippen LogP contribution in [-0.4, -0.2) is 10.7 Å². The third-order valence-electron chi connectivity index (χ3n) is 8.13. The number of allylic oxidation sites excluding steroid dienone is 3. The molecule has 0 aliphatic heterocycles. The molecule has 0 spiro atoms. The Kier molecular flexibility index (Phi) is 3.37. The molecule has 1 heteroatoms. The first-order valence-corrected chi connectivity index (χ1v) is 9.48. The number of hydrogen-bond donors (Lipinski definition) is 1. The zero-order chi connectivity index (χ0) is 16.4. The molecule has 23 heavy (non-hydrogen) atoms. The first-order chi connectivity index (χ1) is 10.9. The summed E-state index contributed by atoms with van der Waals surface area (Å²) in [7, 11) is 0. The molecule has 1 N–H and O–H groups in total. The smallest absolute Gasteiger partial charge is 0.130 e. The molecule has 0 aromatic rings. The fourth-order valence-corrected chi connectivity index (χ4v) is 7.02. The molecule has 0 aromatic carbocycles. The van der Waals surface area contributed by atoms with Crippen LogP contribution in [-0.2, 0) is 0 Å². The van der Waals surface area contributed by atoms with Crippen LogP contribution in [0.3, 0.4) is 0 Å². The van der Waals surface area contributed by atoms with Crippen molar-refractivity contribution in [3.05, 3.63) is 23.8 Å². The topological polar surface area (TPSA) is 20.2 Å². The van der Waals surface area contributed by atoms with Crippen molar-refractivity contribution in [3.8, 4) is 12.3 Å². The maximum atomic E-state index is 11.0. The number of aliphatic hydroxyl groups is 1. The van der Waals surface area contributed by atoms with Gasteiger partial charge in [-0.2, -0.15) is 0 Å². The molecular weight excluding hydrogens is 280 g/mol. The first kappa shape index (κ1) is 15.5. The molecule has 124 valence electrons. The van der Waals surface area contributed by atoms with Gasteiger partial charge in [-0.1, -0.05) is 43.6 Å². The highest BCUT2D eigenvalue weighted by Gasteiger charge is 2.62. The lowest BCUT2D eigenvalue weighted by atomic mass is 9.49. The van der Waals surface area contributed by atoms with E-state index in [9.17, 15) is 5.11 Å². The highest BCUT2D eigenvalue weighted by molar-refractivity contribution is 5.31. The molecule has 4 aliphatic rings. The lowest BCUT2D eigenvalue weighted by Crippen LogP contribution is -2.52. The van der Waals surface area contributed by atoms with Crippen molar-refractivity contribution in [1.82, 2.24) is 0 Å². The lowest BCUT2D eigenvalue weighted by molar-refractivity contribution is -0.0888. The van der Waals surface area contributed by atoms with Gasteiger partial charge in [0, 0.05) is 5.41 Å². The zero-order valence-electron chi connectivity index (χ0n) is 14.6. The Morgan fingerprint density at radius 2 is 2.04 bits per heavy atom. The van der Waals surface area contributed by atoms with Crippen LogP contribution >= 0.6 is 0 Å². The standard InChI is InChI=1S/C22H30O/c1-5-22(23)11-9-19-17-7-6-16-13-14(2)12-15(3)20(16)18(17)8-10-21(19,22)4/h1,13,15,17-20,23H,2,6-12H2,3-4H3/t15?,17-,18+,19+,20+,21+,22+/m1/s1. The summed E-state index contributed by atoms with van der Waals surface area (Å²) in [6, 6.07) is 0. The van der Waals surface area contributed by atoms with E-state index in [1.807, 2.05) is 0 Å². The van der Waals surface area contributed by atoms with Crippen molar-refractivity contribution in [2.45, 2.75) is 64.4 Å². The SMILES string of the molecule is C#C[C@]1(O)CC[C@H]2[C@@H]3CCC4=CC(=C)CC(C)[C@@H]4[C@H]3CC[C@@]21C. The van der Waals surface area contributed by atoms with Crippen LogP contribution in [0.1, 0.15) is 58.8 Å². The van der Waals surface area contributed by atoms with Crippen LogP contribution in [0.4, 0.5) is 0 Å². The molecule has 0 heterocycles. The van der Waals surface area contributed by atoms with Gasteiger partial charge in [0.25, 0.3) is 0 Å². The highest BCUT2D eigenvalue weighted by Crippen LogP contribution is 2.65. The summed E-state index contributed by atoms with van der Waals surface area (Å²) >= 11 is 0. The second kappa shape index (κ2) is 5.00. The van der Waals surface area contributed by atoms with Crippen LogP contribution in [0.2, 0.25) is 0 Å². The van der Waals surface area contributed by atoms with Crippen molar-refractivity contribution in [2.75, 3.05) is 0 Å². The lowest BCUT2D eigenvalue weighted by Gasteiger charge is -2.56. The third-order valence-corrected chi connectivity index (χ3v) is 8.13. The predicted molar refractivity (Wildman–Crippen MR) is 94.6 cm³/mol. The Hall–Kier alpha value is -1.00. The first-order valence-electron chi connectivity index (χ1n) is 9.48. The van der Waals surface area contributed by atoms with Crippen molar-refractivity contribution in [2.24, 2.45) is 35.0 Å². The second-order valence-electron chi connectivity index (χ2n) is 9.06. The van der Waals surface area contributed by atoms with Gasteiger partial charge < -0.3 is 5.11 Å². The molecule has 4 rings (SSSR count). The van der Waals surface area contributed by atoms with E-state index >= 15 is 0 Å². The Labute approximate surface area is 141 Å². The van der Waals surface area contributed by atoms with E-state index in [1.165, 1.54) is 24.8 Å². The van der Waals surface area contributed by atoms with Crippen molar-refractivity contribution >= 4 is 0 Å². The van der Waals surface area contributed by atoms with Gasteiger partial charge in [0.05, 0.1) is 0 Å². The van der Waals surface area contributed by atoms with Gasteiger partial charge in [0.1, 0.15) is 5.60 Å². The molecule has 0 bridgehead atoms. The number of rotatable bonds is 0. The van der Waals surface area contributed by atoms with Gasteiger partial charge in [-0.15, -0.1) is 6.42 Å². The van der Waals surface area contributed by atoms with Gasteiger partial charge in [-0.3, -0.25) is 0 Å². The summed E-state index contributed by atoms with van der Waals surface area (Å²) < 4.78 is 0. The monoisotopic (exact) mass is 310 g/mol. The predicted octanol–water partition coefficient (Wildman–Crippen LogP) is 4.73. The minimum atomic E-state index is -0.870. The molecule has 0 radical (unpaired) electrons. The maximum absolute atomic E-state index is 11.0. The van der Waals surface area contributed by atoms with E-state index < -0.39 is 5.60 Å². The van der Waals surface area contributed by atoms with E-state index in [1.54, 1.807) is 5.57 Å². The zero-order valence-corrected chi connectivity index (χ0v) is 14.6. The van der Waals surface area contributed by atoms with E-state index in [0.29, 0.717) is 5.92 Å². The Morgan fingerprint density at radius 1 is 1.26 bits per heavy atom. The van der Waals surface area contributed by atoms with Gasteiger partial charge >= 0.3 is 0 Å². The molecule has 4 aliphatic carbocycles. The summed E-state index contributed by atoms with van der Waals surface area (Å²) in [5.41, 5.74) is 2.06. The van der Waals surface area contributed by atoms with Crippen molar-refractivity contribution in [1.29, 1.82) is 0 Å². The molecule has 1 unspecified atom stereocenters. The highest BCUT2D eigenvalue weighted by atomic mass is 16.3. The normalized spacial score (nSPS) is 52.0. The molecule has 0 amide bonds. The van der Waals surface area contributed by atoms with Crippen molar-refractivity contribution in [3.63, 3.8) is 0 Å². The Balaban J connectivity index is 1.68. The summed E-state index contributed by atoms with van der Waals surface area (Å²) in [6.45, 7) is 8.92. The molecule has 0 aromatic heterocycles. The number of fused-ring (bicyclic) bond motifs is 5. The summed E-state index contributed by atoms with van der Waals surface area (Å²) in [6.07, 6.45) is 16.1. The molecule has 3 fully saturated rings. The molecule has 7 atom stereocenters. The van der Waals surface area contributed by atoms with Gasteiger partial charge in [0.15, 0.2) is 0 Å². The van der Waals surface area contributed by atoms with Gasteiger partial charge in [-0.25, -0.2) is 0 Å². The molecule has 0 saturated heterocycles. The van der Waals surface area contributed by atoms with Gasteiger partial charge in [-0.05, 0) is 74.5 Å². The molecular formula is C22H30O. The number of terminal acetylenes is 1. The van der Waals surface area contributed by atoms with E-state index in [2.05, 4.69) is 32.4 Å². The minimum absolute atomic E-state index is 0.0639. The van der Waals surface area contributed by atoms with Crippen LogP contribution < -0.4 is 0 Å². The quantitative estimate of drug-likeness (QED) is 0.642. The van der Waals surface area contributed by atoms with E-state index in [4.69, 9.17) is 6.42 Å². The second-order valence-corrected chi connectivity index (χ2v) is 9.06. The fraction of sp³-hybridized carbons (Fsp3) is 0.727. The average Bonchev–Trinajstić information content (AvgIpc) is 2.79. The minimum Gasteiger partial charge on any atom is -0.377 e. The Bertz CT molecular complexity index is 608. The summed E-state index contributed by atoms with van der Waals surface area (Å²) in [5.74, 6) is 6.43. The van der Waals surface area contributed by atoms with Gasteiger partial charge in [0.2, 0.25) is 0 Å². The molecule has 1 nitrogen and oxygen atoms in total. The van der Waals surface area contributed by atoms with Crippen LogP contribution in [0, 0.1) is 47.3 Å². The average molecular weight is 310 g/mol. The van der Waals surface area contributed by atoms with E-state index in [-0.39, 0.29) is 5.41 Å². The summed E-state index contributed by atoms with van der Waals surface area (Å²) in [5, 5.41) is 11.0. The third kappa shape index (κ3) is 1.97.